The first-order chi connectivity index (χ1) is 11.2. The van der Waals surface area contributed by atoms with Gasteiger partial charge in [0.1, 0.15) is 0 Å². The van der Waals surface area contributed by atoms with Gasteiger partial charge in [0.2, 0.25) is 0 Å². The molecular weight excluding hydrogens is 324 g/mol. The highest BCUT2D eigenvalue weighted by Gasteiger charge is 2.42. The molecule has 1 fully saturated rings. The lowest BCUT2D eigenvalue weighted by Gasteiger charge is -2.36. The average molecular weight is 348 g/mol. The zero-order valence-corrected chi connectivity index (χ0v) is 14.0. The zero-order chi connectivity index (χ0) is 17.9. The van der Waals surface area contributed by atoms with Crippen molar-refractivity contribution in [1.82, 2.24) is 9.80 Å². The third-order valence-electron chi connectivity index (χ3n) is 4.28. The number of hydrogen-bond donors (Lipinski definition) is 1. The van der Waals surface area contributed by atoms with Gasteiger partial charge in [0.25, 0.3) is 0 Å². The second kappa shape index (κ2) is 7.80. The highest BCUT2D eigenvalue weighted by atomic mass is 19.3. The van der Waals surface area contributed by atoms with Crippen LogP contribution in [0.15, 0.2) is 18.2 Å². The number of benzene rings is 1. The molecule has 1 unspecified atom stereocenters. The van der Waals surface area contributed by atoms with E-state index in [1.165, 1.54) is 4.90 Å². The number of hydrogen-bond acceptors (Lipinski definition) is 3. The summed E-state index contributed by atoms with van der Waals surface area (Å²) in [6.07, 6.45) is -4.29. The minimum Gasteiger partial charge on any atom is -0.387 e. The van der Waals surface area contributed by atoms with Gasteiger partial charge in [0.05, 0.1) is 12.6 Å². The van der Waals surface area contributed by atoms with Crippen LogP contribution in [0, 0.1) is 13.8 Å². The smallest absolute Gasteiger partial charge is 0.319 e. The van der Waals surface area contributed by atoms with Crippen LogP contribution in [0.4, 0.5) is 17.6 Å². The van der Waals surface area contributed by atoms with Gasteiger partial charge in [-0.3, -0.25) is 9.80 Å². The number of β-amino-alcohol motifs (C(OH)–C–C–N with tert-alkyl or cyclic N) is 1. The molecule has 7 heteroatoms. The van der Waals surface area contributed by atoms with Gasteiger partial charge < -0.3 is 5.11 Å². The summed E-state index contributed by atoms with van der Waals surface area (Å²) in [4.78, 5) is 3.32. The molecule has 1 aliphatic rings. The van der Waals surface area contributed by atoms with Crippen molar-refractivity contribution >= 4 is 0 Å². The molecule has 1 aromatic rings. The van der Waals surface area contributed by atoms with Crippen molar-refractivity contribution in [3.63, 3.8) is 0 Å². The topological polar surface area (TPSA) is 26.7 Å². The monoisotopic (exact) mass is 348 g/mol. The van der Waals surface area contributed by atoms with Gasteiger partial charge in [-0.25, -0.2) is 8.78 Å². The van der Waals surface area contributed by atoms with Crippen LogP contribution in [0.1, 0.15) is 22.8 Å². The third kappa shape index (κ3) is 5.16. The van der Waals surface area contributed by atoms with Crippen molar-refractivity contribution in [2.45, 2.75) is 32.3 Å². The van der Waals surface area contributed by atoms with Crippen LogP contribution in [0.25, 0.3) is 0 Å². The van der Waals surface area contributed by atoms with E-state index in [0.717, 1.165) is 16.7 Å². The number of aliphatic hydroxyl groups excluding tert-OH is 1. The highest BCUT2D eigenvalue weighted by molar-refractivity contribution is 5.30. The Morgan fingerprint density at radius 3 is 2.00 bits per heavy atom. The van der Waals surface area contributed by atoms with Crippen molar-refractivity contribution in [2.75, 3.05) is 39.3 Å². The van der Waals surface area contributed by atoms with Gasteiger partial charge >= 0.3 is 12.3 Å². The van der Waals surface area contributed by atoms with E-state index >= 15 is 0 Å². The average Bonchev–Trinajstić information content (AvgIpc) is 2.47. The van der Waals surface area contributed by atoms with E-state index in [-0.39, 0.29) is 0 Å². The molecule has 3 nitrogen and oxygen atoms in total. The van der Waals surface area contributed by atoms with Crippen molar-refractivity contribution < 1.29 is 22.7 Å². The fourth-order valence-electron chi connectivity index (χ4n) is 3.05. The van der Waals surface area contributed by atoms with E-state index in [0.29, 0.717) is 32.7 Å². The number of nitrogens with zero attached hydrogens (tertiary/aromatic N) is 2. The SMILES string of the molecule is Cc1cc(C)cc(C(O)CN2CCN(CC(F)(F)C(F)F)CC2)c1. The molecule has 0 saturated carbocycles. The van der Waals surface area contributed by atoms with Crippen LogP contribution in [0.3, 0.4) is 0 Å². The van der Waals surface area contributed by atoms with Crippen LogP contribution in [-0.2, 0) is 0 Å². The van der Waals surface area contributed by atoms with Crippen molar-refractivity contribution in [2.24, 2.45) is 0 Å². The maximum Gasteiger partial charge on any atom is 0.319 e. The predicted molar refractivity (Wildman–Crippen MR) is 84.7 cm³/mol. The summed E-state index contributed by atoms with van der Waals surface area (Å²) in [5.74, 6) is -3.97. The molecule has 0 spiro atoms. The zero-order valence-electron chi connectivity index (χ0n) is 14.0. The van der Waals surface area contributed by atoms with E-state index in [9.17, 15) is 22.7 Å². The van der Waals surface area contributed by atoms with Crippen molar-refractivity contribution in [3.8, 4) is 0 Å². The molecule has 1 N–H and O–H groups in total. The molecule has 1 aromatic carbocycles. The first kappa shape index (κ1) is 19.1. The number of aliphatic hydroxyl groups is 1. The predicted octanol–water partition coefficient (Wildman–Crippen LogP) is 2.85. The Kier molecular flexibility index (Phi) is 6.22. The Bertz CT molecular complexity index is 525. The van der Waals surface area contributed by atoms with Crippen LogP contribution < -0.4 is 0 Å². The molecule has 1 aliphatic heterocycles. The maximum absolute atomic E-state index is 13.1. The van der Waals surface area contributed by atoms with Gasteiger partial charge in [-0.1, -0.05) is 29.3 Å². The largest absolute Gasteiger partial charge is 0.387 e. The van der Waals surface area contributed by atoms with Gasteiger partial charge in [-0.05, 0) is 19.4 Å². The van der Waals surface area contributed by atoms with E-state index in [2.05, 4.69) is 0 Å². The fraction of sp³-hybridized carbons (Fsp3) is 0.647. The number of rotatable bonds is 6. The lowest BCUT2D eigenvalue weighted by molar-refractivity contribution is -0.145. The van der Waals surface area contributed by atoms with Gasteiger partial charge in [-0.2, -0.15) is 8.78 Å². The number of piperazine rings is 1. The molecule has 1 saturated heterocycles. The molecule has 136 valence electrons. The molecule has 1 heterocycles. The van der Waals surface area contributed by atoms with E-state index < -0.39 is 25.0 Å². The Balaban J connectivity index is 1.84. The van der Waals surface area contributed by atoms with Crippen molar-refractivity contribution in [3.05, 3.63) is 34.9 Å². The summed E-state index contributed by atoms with van der Waals surface area (Å²) in [6, 6.07) is 5.88. The molecule has 0 bridgehead atoms. The summed E-state index contributed by atoms with van der Waals surface area (Å²) in [5.41, 5.74) is 2.98. The second-order valence-corrected chi connectivity index (χ2v) is 6.58. The van der Waals surface area contributed by atoms with Crippen LogP contribution in [-0.4, -0.2) is 66.5 Å². The Labute approximate surface area is 139 Å². The summed E-state index contributed by atoms with van der Waals surface area (Å²) < 4.78 is 50.7. The molecular formula is C17H24F4N2O. The minimum absolute atomic E-state index is 0.294. The molecule has 0 amide bonds. The fourth-order valence-corrected chi connectivity index (χ4v) is 3.05. The molecule has 2 rings (SSSR count). The van der Waals surface area contributed by atoms with Gasteiger partial charge in [0, 0.05) is 32.7 Å². The highest BCUT2D eigenvalue weighted by Crippen LogP contribution is 2.25. The summed E-state index contributed by atoms with van der Waals surface area (Å²) in [6.45, 7) is 4.95. The summed E-state index contributed by atoms with van der Waals surface area (Å²) in [5, 5.41) is 10.4. The standard InChI is InChI=1S/C17H24F4N2O/c1-12-7-13(2)9-14(8-12)15(24)10-22-3-5-23(6-4-22)11-17(20,21)16(18)19/h7-9,15-16,24H,3-6,10-11H2,1-2H3. The van der Waals surface area contributed by atoms with Crippen LogP contribution in [0.2, 0.25) is 0 Å². The van der Waals surface area contributed by atoms with E-state index in [1.54, 1.807) is 0 Å². The third-order valence-corrected chi connectivity index (χ3v) is 4.28. The number of halogens is 4. The number of aryl methyl sites for hydroxylation is 2. The molecule has 24 heavy (non-hydrogen) atoms. The Morgan fingerprint density at radius 2 is 1.50 bits per heavy atom. The molecule has 0 aromatic heterocycles. The Morgan fingerprint density at radius 1 is 1.00 bits per heavy atom. The van der Waals surface area contributed by atoms with E-state index in [1.807, 2.05) is 36.9 Å². The first-order valence-electron chi connectivity index (χ1n) is 8.04. The minimum atomic E-state index is -3.97. The van der Waals surface area contributed by atoms with Crippen LogP contribution >= 0.6 is 0 Å². The molecule has 1 atom stereocenters. The summed E-state index contributed by atoms with van der Waals surface area (Å²) >= 11 is 0. The molecule has 0 radical (unpaired) electrons. The molecule has 0 aliphatic carbocycles. The maximum atomic E-state index is 13.1. The van der Waals surface area contributed by atoms with Gasteiger partial charge in [0.15, 0.2) is 0 Å². The normalized spacial score (nSPS) is 19.0. The van der Waals surface area contributed by atoms with Gasteiger partial charge in [-0.15, -0.1) is 0 Å². The first-order valence-corrected chi connectivity index (χ1v) is 8.04. The van der Waals surface area contributed by atoms with Crippen LogP contribution in [0.5, 0.6) is 0 Å². The lowest BCUT2D eigenvalue weighted by Crippen LogP contribution is -2.51. The van der Waals surface area contributed by atoms with E-state index in [4.69, 9.17) is 0 Å². The Hall–Kier alpha value is -1.18. The number of alkyl halides is 4. The lowest BCUT2D eigenvalue weighted by atomic mass is 10.0. The van der Waals surface area contributed by atoms with Crippen molar-refractivity contribution in [1.29, 1.82) is 0 Å². The second-order valence-electron chi connectivity index (χ2n) is 6.58. The quantitative estimate of drug-likeness (QED) is 0.801. The summed E-state index contributed by atoms with van der Waals surface area (Å²) in [7, 11) is 0.